The fraction of sp³-hybridized carbons (Fsp3) is 0.235. The summed E-state index contributed by atoms with van der Waals surface area (Å²) in [6.07, 6.45) is 1.55. The zero-order valence-electron chi connectivity index (χ0n) is 12.9. The molecule has 1 fully saturated rings. The van der Waals surface area contributed by atoms with Gasteiger partial charge < -0.3 is 15.8 Å². The lowest BCUT2D eigenvalue weighted by molar-refractivity contribution is 0.0994. The van der Waals surface area contributed by atoms with Crippen LogP contribution in [0.4, 0.5) is 14.5 Å². The smallest absolute Gasteiger partial charge is 0.252 e. The molecule has 1 amide bonds. The standard InChI is InChI=1S/C17H14ClF2IN2O2/c18-11-7-9(21)1-4-13(11)23-17(5-6-17)8-25-15-10(16(22)24)2-3-12(19)14(15)20/h1-4,7,23H,5-6,8H2,(H2,22,24). The molecule has 2 aromatic rings. The van der Waals surface area contributed by atoms with Gasteiger partial charge in [-0.05, 0) is 65.8 Å². The van der Waals surface area contributed by atoms with Gasteiger partial charge in [-0.25, -0.2) is 4.39 Å². The van der Waals surface area contributed by atoms with Crippen molar-refractivity contribution < 1.29 is 18.3 Å². The van der Waals surface area contributed by atoms with Crippen molar-refractivity contribution in [3.63, 3.8) is 0 Å². The van der Waals surface area contributed by atoms with Crippen LogP contribution in [0.2, 0.25) is 5.02 Å². The van der Waals surface area contributed by atoms with Gasteiger partial charge in [0.2, 0.25) is 5.82 Å². The van der Waals surface area contributed by atoms with E-state index in [4.69, 9.17) is 22.1 Å². The zero-order valence-corrected chi connectivity index (χ0v) is 15.8. The van der Waals surface area contributed by atoms with Crippen molar-refractivity contribution in [2.75, 3.05) is 11.9 Å². The molecule has 1 aliphatic carbocycles. The number of carbonyl (C=O) groups excluding carboxylic acids is 1. The van der Waals surface area contributed by atoms with Crippen molar-refractivity contribution in [3.05, 3.63) is 56.1 Å². The second-order valence-corrected chi connectivity index (χ2v) is 7.57. The predicted octanol–water partition coefficient (Wildman–Crippen LogP) is 4.35. The van der Waals surface area contributed by atoms with E-state index in [2.05, 4.69) is 27.9 Å². The Labute approximate surface area is 161 Å². The number of anilines is 1. The Kier molecular flexibility index (Phi) is 5.06. The number of rotatable bonds is 6. The number of hydrogen-bond donors (Lipinski definition) is 2. The molecule has 1 saturated carbocycles. The van der Waals surface area contributed by atoms with Crippen LogP contribution in [0.5, 0.6) is 5.75 Å². The number of amides is 1. The second kappa shape index (κ2) is 6.95. The van der Waals surface area contributed by atoms with Crippen molar-refractivity contribution in [3.8, 4) is 5.75 Å². The summed E-state index contributed by atoms with van der Waals surface area (Å²) < 4.78 is 33.9. The maximum Gasteiger partial charge on any atom is 0.252 e. The first-order valence-electron chi connectivity index (χ1n) is 7.45. The lowest BCUT2D eigenvalue weighted by Gasteiger charge is -2.21. The van der Waals surface area contributed by atoms with Gasteiger partial charge >= 0.3 is 0 Å². The number of primary amides is 1. The third-order valence-electron chi connectivity index (χ3n) is 3.99. The highest BCUT2D eigenvalue weighted by Crippen LogP contribution is 2.41. The van der Waals surface area contributed by atoms with E-state index in [1.807, 2.05) is 18.2 Å². The van der Waals surface area contributed by atoms with Crippen LogP contribution in [0.3, 0.4) is 0 Å². The molecule has 4 nitrogen and oxygen atoms in total. The number of nitrogens with two attached hydrogens (primary N) is 1. The van der Waals surface area contributed by atoms with Crippen LogP contribution in [0.15, 0.2) is 30.3 Å². The Bertz CT molecular complexity index is 844. The average Bonchev–Trinajstić information content (AvgIpc) is 3.31. The van der Waals surface area contributed by atoms with Gasteiger partial charge in [0.25, 0.3) is 5.91 Å². The van der Waals surface area contributed by atoms with Crippen molar-refractivity contribution >= 4 is 45.8 Å². The normalized spacial score (nSPS) is 14.9. The molecule has 3 N–H and O–H groups in total. The van der Waals surface area contributed by atoms with Gasteiger partial charge in [-0.1, -0.05) is 11.6 Å². The molecule has 0 aromatic heterocycles. The van der Waals surface area contributed by atoms with Crippen LogP contribution in [-0.4, -0.2) is 18.1 Å². The van der Waals surface area contributed by atoms with E-state index in [1.165, 1.54) is 0 Å². The van der Waals surface area contributed by atoms with Gasteiger partial charge in [0.1, 0.15) is 6.61 Å². The van der Waals surface area contributed by atoms with E-state index in [9.17, 15) is 13.6 Å². The third kappa shape index (κ3) is 3.98. The van der Waals surface area contributed by atoms with Crippen LogP contribution in [-0.2, 0) is 0 Å². The van der Waals surface area contributed by atoms with E-state index < -0.39 is 28.8 Å². The highest BCUT2D eigenvalue weighted by Gasteiger charge is 2.44. The summed E-state index contributed by atoms with van der Waals surface area (Å²) in [6.45, 7) is 0.0516. The molecule has 8 heteroatoms. The topological polar surface area (TPSA) is 64.4 Å². The maximum atomic E-state index is 14.0. The highest BCUT2D eigenvalue weighted by atomic mass is 127. The monoisotopic (exact) mass is 478 g/mol. The average molecular weight is 479 g/mol. The Morgan fingerprint density at radius 2 is 2.04 bits per heavy atom. The van der Waals surface area contributed by atoms with Crippen molar-refractivity contribution in [2.45, 2.75) is 18.4 Å². The summed E-state index contributed by atoms with van der Waals surface area (Å²) in [5.41, 5.74) is 5.31. The molecule has 0 heterocycles. The predicted molar refractivity (Wildman–Crippen MR) is 100 cm³/mol. The van der Waals surface area contributed by atoms with E-state index in [0.29, 0.717) is 5.02 Å². The van der Waals surface area contributed by atoms with E-state index in [0.717, 1.165) is 34.2 Å². The van der Waals surface area contributed by atoms with E-state index in [-0.39, 0.29) is 12.2 Å². The molecule has 0 unspecified atom stereocenters. The lowest BCUT2D eigenvalue weighted by Crippen LogP contribution is -2.30. The first-order chi connectivity index (χ1) is 11.8. The Morgan fingerprint density at radius 3 is 2.64 bits per heavy atom. The lowest BCUT2D eigenvalue weighted by atomic mass is 10.1. The van der Waals surface area contributed by atoms with Gasteiger partial charge in [-0.15, -0.1) is 0 Å². The van der Waals surface area contributed by atoms with Gasteiger partial charge in [-0.2, -0.15) is 4.39 Å². The molecule has 1 aliphatic rings. The molecule has 0 spiro atoms. The van der Waals surface area contributed by atoms with Gasteiger partial charge in [0, 0.05) is 3.57 Å². The van der Waals surface area contributed by atoms with Gasteiger partial charge in [-0.3, -0.25) is 4.79 Å². The van der Waals surface area contributed by atoms with Gasteiger partial charge in [0.15, 0.2) is 11.6 Å². The first kappa shape index (κ1) is 18.2. The number of nitrogens with one attached hydrogen (secondary N) is 1. The molecule has 3 rings (SSSR count). The van der Waals surface area contributed by atoms with E-state index >= 15 is 0 Å². The summed E-state index contributed by atoms with van der Waals surface area (Å²) in [5, 5.41) is 3.85. The van der Waals surface area contributed by atoms with Crippen molar-refractivity contribution in [2.24, 2.45) is 5.73 Å². The van der Waals surface area contributed by atoms with Crippen LogP contribution >= 0.6 is 34.2 Å². The largest absolute Gasteiger partial charge is 0.487 e. The molecule has 0 aliphatic heterocycles. The SMILES string of the molecule is NC(=O)c1ccc(F)c(F)c1OCC1(Nc2ccc(I)cc2Cl)CC1. The van der Waals surface area contributed by atoms with Crippen molar-refractivity contribution in [1.29, 1.82) is 0 Å². The fourth-order valence-corrected chi connectivity index (χ4v) is 3.31. The molecule has 0 radical (unpaired) electrons. The number of carbonyl (C=O) groups is 1. The van der Waals surface area contributed by atoms with Crippen LogP contribution in [0.1, 0.15) is 23.2 Å². The Morgan fingerprint density at radius 1 is 1.32 bits per heavy atom. The zero-order chi connectivity index (χ0) is 18.2. The van der Waals surface area contributed by atoms with Gasteiger partial charge in [0.05, 0.1) is 21.8 Å². The third-order valence-corrected chi connectivity index (χ3v) is 4.98. The number of ether oxygens (including phenoxy) is 1. The van der Waals surface area contributed by atoms with Crippen LogP contribution in [0.25, 0.3) is 0 Å². The summed E-state index contributed by atoms with van der Waals surface area (Å²) >= 11 is 8.37. The fourth-order valence-electron chi connectivity index (χ4n) is 2.41. The molecule has 0 bridgehead atoms. The van der Waals surface area contributed by atoms with Crippen LogP contribution < -0.4 is 15.8 Å². The summed E-state index contributed by atoms with van der Waals surface area (Å²) in [5.74, 6) is -3.67. The molecule has 0 atom stereocenters. The Hall–Kier alpha value is -1.61. The summed E-state index contributed by atoms with van der Waals surface area (Å²) in [4.78, 5) is 11.4. The second-order valence-electron chi connectivity index (χ2n) is 5.92. The van der Waals surface area contributed by atoms with Crippen LogP contribution in [0, 0.1) is 15.2 Å². The number of halogens is 4. The maximum absolute atomic E-state index is 14.0. The first-order valence-corrected chi connectivity index (χ1v) is 8.91. The molecule has 0 saturated heterocycles. The molecular formula is C17H14ClF2IN2O2. The Balaban J connectivity index is 1.77. The molecule has 25 heavy (non-hydrogen) atoms. The molecule has 2 aromatic carbocycles. The summed E-state index contributed by atoms with van der Waals surface area (Å²) in [7, 11) is 0. The van der Waals surface area contributed by atoms with E-state index in [1.54, 1.807) is 0 Å². The minimum Gasteiger partial charge on any atom is -0.487 e. The summed E-state index contributed by atoms with van der Waals surface area (Å²) in [6, 6.07) is 7.53. The van der Waals surface area contributed by atoms with Crippen molar-refractivity contribution in [1.82, 2.24) is 0 Å². The molecular weight excluding hydrogens is 465 g/mol. The minimum absolute atomic E-state index is 0.0516. The molecule has 132 valence electrons. The quantitative estimate of drug-likeness (QED) is 0.607. The highest BCUT2D eigenvalue weighted by molar-refractivity contribution is 14.1. The minimum atomic E-state index is -1.22. The number of hydrogen-bond acceptors (Lipinski definition) is 3. The number of benzene rings is 2.